The van der Waals surface area contributed by atoms with Crippen LogP contribution in [0.3, 0.4) is 0 Å². The Bertz CT molecular complexity index is 818. The van der Waals surface area contributed by atoms with Gasteiger partial charge in [0.05, 0.1) is 17.7 Å². The number of aromatic nitrogens is 2. The van der Waals surface area contributed by atoms with Crippen molar-refractivity contribution in [3.05, 3.63) is 35.2 Å². The van der Waals surface area contributed by atoms with Crippen LogP contribution in [0.1, 0.15) is 18.7 Å². The number of halogens is 1. The summed E-state index contributed by atoms with van der Waals surface area (Å²) < 4.78 is 38.9. The minimum atomic E-state index is -3.60. The predicted octanol–water partition coefficient (Wildman–Crippen LogP) is 1.84. The van der Waals surface area contributed by atoms with Gasteiger partial charge in [0, 0.05) is 25.8 Å². The fraction of sp³-hybridized carbons (Fsp3) is 0.467. The van der Waals surface area contributed by atoms with E-state index < -0.39 is 10.2 Å². The third-order valence-corrected chi connectivity index (χ3v) is 5.95. The maximum atomic E-state index is 12.3. The fourth-order valence-corrected chi connectivity index (χ4v) is 4.03. The van der Waals surface area contributed by atoms with Gasteiger partial charge in [-0.3, -0.25) is 0 Å². The van der Waals surface area contributed by atoms with Gasteiger partial charge in [0.1, 0.15) is 0 Å². The molecule has 0 radical (unpaired) electrons. The number of nitrogens with zero attached hydrogens (tertiary/aromatic N) is 3. The molecule has 0 aliphatic carbocycles. The van der Waals surface area contributed by atoms with Crippen molar-refractivity contribution >= 4 is 21.8 Å². The quantitative estimate of drug-likeness (QED) is 0.813. The van der Waals surface area contributed by atoms with Crippen LogP contribution >= 0.6 is 11.6 Å². The highest BCUT2D eigenvalue weighted by Crippen LogP contribution is 2.24. The van der Waals surface area contributed by atoms with Gasteiger partial charge in [-0.15, -0.1) is 0 Å². The summed E-state index contributed by atoms with van der Waals surface area (Å²) in [5, 5.41) is 4.34. The second-order valence-electron chi connectivity index (χ2n) is 5.65. The molecule has 0 amide bonds. The molecular weight excluding hydrogens is 368 g/mol. The number of hydrogen-bond donors (Lipinski definition) is 1. The van der Waals surface area contributed by atoms with E-state index in [-0.39, 0.29) is 18.5 Å². The Morgan fingerprint density at radius 2 is 2.08 bits per heavy atom. The molecule has 136 valence electrons. The van der Waals surface area contributed by atoms with Crippen LogP contribution in [0.5, 0.6) is 0 Å². The Balaban J connectivity index is 1.61. The summed E-state index contributed by atoms with van der Waals surface area (Å²) >= 11 is 6.09. The van der Waals surface area contributed by atoms with Crippen molar-refractivity contribution in [3.63, 3.8) is 0 Å². The number of ether oxygens (including phenoxy) is 1. The van der Waals surface area contributed by atoms with Gasteiger partial charge in [-0.2, -0.15) is 22.4 Å². The standard InChI is InChI=1S/C15H19ClN4O4S/c1-23-11-6-8-20(9-7-11)25(21,22)17-10-14-18-15(19-24-14)12-4-2-3-5-13(12)16/h2-5,11,17H,6-10H2,1H3. The number of rotatable bonds is 6. The fourth-order valence-electron chi connectivity index (χ4n) is 2.63. The SMILES string of the molecule is COC1CCN(S(=O)(=O)NCc2nc(-c3ccccc3Cl)no2)CC1. The summed E-state index contributed by atoms with van der Waals surface area (Å²) in [5.41, 5.74) is 0.628. The number of piperidine rings is 1. The third kappa shape index (κ3) is 4.36. The first-order chi connectivity index (χ1) is 12.0. The Kier molecular flexibility index (Phi) is 5.70. The van der Waals surface area contributed by atoms with Crippen LogP contribution in [0.2, 0.25) is 5.02 Å². The van der Waals surface area contributed by atoms with Gasteiger partial charge in [-0.1, -0.05) is 28.9 Å². The van der Waals surface area contributed by atoms with Gasteiger partial charge < -0.3 is 9.26 Å². The zero-order valence-corrected chi connectivity index (χ0v) is 15.3. The molecule has 2 aromatic rings. The molecule has 1 aromatic carbocycles. The summed E-state index contributed by atoms with van der Waals surface area (Å²) in [6.07, 6.45) is 1.46. The number of benzene rings is 1. The summed E-state index contributed by atoms with van der Waals surface area (Å²) in [6.45, 7) is 0.759. The summed E-state index contributed by atoms with van der Waals surface area (Å²) in [4.78, 5) is 4.19. The Hall–Kier alpha value is -1.52. The van der Waals surface area contributed by atoms with Crippen molar-refractivity contribution in [2.75, 3.05) is 20.2 Å². The first-order valence-corrected chi connectivity index (χ1v) is 9.66. The number of methoxy groups -OCH3 is 1. The zero-order valence-electron chi connectivity index (χ0n) is 13.7. The second-order valence-corrected chi connectivity index (χ2v) is 7.81. The molecule has 1 aromatic heterocycles. The van der Waals surface area contributed by atoms with Gasteiger partial charge in [0.15, 0.2) is 0 Å². The normalized spacial score (nSPS) is 17.0. The lowest BCUT2D eigenvalue weighted by atomic mass is 10.1. The van der Waals surface area contributed by atoms with Gasteiger partial charge in [-0.25, -0.2) is 0 Å². The minimum Gasteiger partial charge on any atom is -0.381 e. The van der Waals surface area contributed by atoms with E-state index in [1.54, 1.807) is 25.3 Å². The van der Waals surface area contributed by atoms with Crippen molar-refractivity contribution in [3.8, 4) is 11.4 Å². The van der Waals surface area contributed by atoms with E-state index in [4.69, 9.17) is 20.9 Å². The topological polar surface area (TPSA) is 97.6 Å². The van der Waals surface area contributed by atoms with Crippen molar-refractivity contribution in [2.45, 2.75) is 25.5 Å². The first-order valence-electron chi connectivity index (χ1n) is 7.84. The Morgan fingerprint density at radius 3 is 2.76 bits per heavy atom. The highest BCUT2D eigenvalue weighted by atomic mass is 35.5. The Morgan fingerprint density at radius 1 is 1.36 bits per heavy atom. The molecule has 0 bridgehead atoms. The maximum Gasteiger partial charge on any atom is 0.279 e. The molecule has 1 aliphatic heterocycles. The average Bonchev–Trinajstić information content (AvgIpc) is 3.09. The van der Waals surface area contributed by atoms with Crippen LogP contribution in [0.15, 0.2) is 28.8 Å². The molecule has 0 spiro atoms. The molecule has 0 unspecified atom stereocenters. The van der Waals surface area contributed by atoms with E-state index in [2.05, 4.69) is 14.9 Å². The van der Waals surface area contributed by atoms with Crippen LogP contribution in [-0.2, 0) is 21.5 Å². The lowest BCUT2D eigenvalue weighted by Gasteiger charge is -2.30. The van der Waals surface area contributed by atoms with E-state index >= 15 is 0 Å². The minimum absolute atomic E-state index is 0.0794. The third-order valence-electron chi connectivity index (χ3n) is 4.06. The first kappa shape index (κ1) is 18.3. The van der Waals surface area contributed by atoms with Crippen molar-refractivity contribution in [1.82, 2.24) is 19.2 Å². The van der Waals surface area contributed by atoms with E-state index in [0.717, 1.165) is 0 Å². The van der Waals surface area contributed by atoms with E-state index in [9.17, 15) is 8.42 Å². The monoisotopic (exact) mass is 386 g/mol. The smallest absolute Gasteiger partial charge is 0.279 e. The predicted molar refractivity (Wildman–Crippen MR) is 92.1 cm³/mol. The van der Waals surface area contributed by atoms with Gasteiger partial charge in [-0.05, 0) is 25.0 Å². The molecule has 0 atom stereocenters. The second kappa shape index (κ2) is 7.79. The summed E-state index contributed by atoms with van der Waals surface area (Å²) in [5.74, 6) is 0.492. The van der Waals surface area contributed by atoms with E-state index in [1.165, 1.54) is 4.31 Å². The number of hydrogen-bond acceptors (Lipinski definition) is 6. The molecule has 1 N–H and O–H groups in total. The van der Waals surface area contributed by atoms with Gasteiger partial charge in [0.2, 0.25) is 11.7 Å². The molecule has 1 fully saturated rings. The maximum absolute atomic E-state index is 12.3. The largest absolute Gasteiger partial charge is 0.381 e. The number of nitrogens with one attached hydrogen (secondary N) is 1. The highest BCUT2D eigenvalue weighted by Gasteiger charge is 2.28. The highest BCUT2D eigenvalue weighted by molar-refractivity contribution is 7.87. The van der Waals surface area contributed by atoms with Crippen LogP contribution < -0.4 is 4.72 Å². The zero-order chi connectivity index (χ0) is 17.9. The van der Waals surface area contributed by atoms with Crippen LogP contribution in [0.4, 0.5) is 0 Å². The van der Waals surface area contributed by atoms with E-state index in [0.29, 0.717) is 42.3 Å². The lowest BCUT2D eigenvalue weighted by Crippen LogP contribution is -2.46. The molecular formula is C15H19ClN4O4S. The summed E-state index contributed by atoms with van der Waals surface area (Å²) in [6, 6.07) is 7.09. The summed E-state index contributed by atoms with van der Waals surface area (Å²) in [7, 11) is -1.96. The van der Waals surface area contributed by atoms with Crippen LogP contribution in [-0.4, -0.2) is 49.2 Å². The lowest BCUT2D eigenvalue weighted by molar-refractivity contribution is 0.0601. The van der Waals surface area contributed by atoms with Crippen LogP contribution in [0.25, 0.3) is 11.4 Å². The molecule has 0 saturated carbocycles. The van der Waals surface area contributed by atoms with Crippen molar-refractivity contribution < 1.29 is 17.7 Å². The van der Waals surface area contributed by atoms with Gasteiger partial charge >= 0.3 is 0 Å². The van der Waals surface area contributed by atoms with Crippen LogP contribution in [0, 0.1) is 0 Å². The van der Waals surface area contributed by atoms with Crippen molar-refractivity contribution in [1.29, 1.82) is 0 Å². The molecule has 10 heteroatoms. The molecule has 8 nitrogen and oxygen atoms in total. The van der Waals surface area contributed by atoms with Crippen molar-refractivity contribution in [2.24, 2.45) is 0 Å². The molecule has 1 aliphatic rings. The Labute approximate surface area is 151 Å². The van der Waals surface area contributed by atoms with Gasteiger partial charge in [0.25, 0.3) is 10.2 Å². The average molecular weight is 387 g/mol. The molecule has 2 heterocycles. The molecule has 3 rings (SSSR count). The molecule has 1 saturated heterocycles. The van der Waals surface area contributed by atoms with E-state index in [1.807, 2.05) is 6.07 Å². The molecule has 25 heavy (non-hydrogen) atoms.